The van der Waals surface area contributed by atoms with Crippen LogP contribution in [0.25, 0.3) is 0 Å². The number of carbonyl (C=O) groups is 1. The van der Waals surface area contributed by atoms with Crippen molar-refractivity contribution >= 4 is 17.7 Å². The zero-order valence-electron chi connectivity index (χ0n) is 16.1. The molecule has 6 nitrogen and oxygen atoms in total. The van der Waals surface area contributed by atoms with Crippen LogP contribution in [0, 0.1) is 17.8 Å². The van der Waals surface area contributed by atoms with Gasteiger partial charge in [-0.15, -0.1) is 10.2 Å². The van der Waals surface area contributed by atoms with Gasteiger partial charge in [-0.2, -0.15) is 0 Å². The Balaban J connectivity index is 1.31. The van der Waals surface area contributed by atoms with Gasteiger partial charge in [-0.05, 0) is 56.3 Å². The van der Waals surface area contributed by atoms with Crippen LogP contribution in [0.15, 0.2) is 9.64 Å². The Hall–Kier alpha value is -1.08. The molecule has 5 rings (SSSR count). The second-order valence-electron chi connectivity index (χ2n) is 8.98. The van der Waals surface area contributed by atoms with E-state index in [0.29, 0.717) is 16.9 Å². The Bertz CT molecular complexity index is 624. The van der Waals surface area contributed by atoms with Crippen molar-refractivity contribution in [3.8, 4) is 0 Å². The van der Waals surface area contributed by atoms with Gasteiger partial charge in [-0.1, -0.05) is 18.7 Å². The molecular formula is C19H31N4O2S+. The summed E-state index contributed by atoms with van der Waals surface area (Å²) in [6, 6.07) is 0.206. The minimum absolute atomic E-state index is 0.0774. The lowest BCUT2D eigenvalue weighted by Gasteiger charge is -2.56. The van der Waals surface area contributed by atoms with E-state index in [9.17, 15) is 4.79 Å². The highest BCUT2D eigenvalue weighted by Crippen LogP contribution is 2.55. The summed E-state index contributed by atoms with van der Waals surface area (Å²) in [5, 5.41) is 12.2. The topological polar surface area (TPSA) is 72.5 Å². The zero-order chi connectivity index (χ0) is 18.3. The lowest BCUT2D eigenvalue weighted by atomic mass is 9.53. The minimum Gasteiger partial charge on any atom is -0.410 e. The summed E-state index contributed by atoms with van der Waals surface area (Å²) in [6.07, 6.45) is 8.67. The van der Waals surface area contributed by atoms with Gasteiger partial charge in [0.1, 0.15) is 0 Å². The average Bonchev–Trinajstić information content (AvgIpc) is 3.00. The summed E-state index contributed by atoms with van der Waals surface area (Å²) in [5.74, 6) is 3.65. The Morgan fingerprint density at radius 1 is 1.23 bits per heavy atom. The molecule has 0 spiro atoms. The van der Waals surface area contributed by atoms with Crippen molar-refractivity contribution in [1.29, 1.82) is 0 Å². The van der Waals surface area contributed by atoms with Crippen LogP contribution in [-0.4, -0.2) is 41.5 Å². The van der Waals surface area contributed by atoms with Crippen molar-refractivity contribution in [2.75, 3.05) is 19.8 Å². The number of thioether (sulfide) groups is 1. The van der Waals surface area contributed by atoms with Crippen LogP contribution in [0.5, 0.6) is 0 Å². The molecule has 4 fully saturated rings. The maximum Gasteiger partial charge on any atom is 0.277 e. The molecule has 1 heterocycles. The molecule has 4 saturated carbocycles. The van der Waals surface area contributed by atoms with E-state index in [1.807, 2.05) is 0 Å². The fourth-order valence-corrected chi connectivity index (χ4v) is 6.54. The second kappa shape index (κ2) is 7.15. The van der Waals surface area contributed by atoms with Gasteiger partial charge in [0, 0.05) is 12.0 Å². The summed E-state index contributed by atoms with van der Waals surface area (Å²) in [7, 11) is 4.17. The van der Waals surface area contributed by atoms with Gasteiger partial charge in [-0.25, -0.2) is 0 Å². The molecule has 4 bridgehead atoms. The van der Waals surface area contributed by atoms with Gasteiger partial charge in [0.05, 0.1) is 19.8 Å². The van der Waals surface area contributed by atoms with Crippen LogP contribution in [0.2, 0.25) is 0 Å². The predicted octanol–water partition coefficient (Wildman–Crippen LogP) is 1.84. The SMILES string of the molecule is CC[C@@H](c1nnc(SCC(=O)NC23CC4CC(CC(C4)C2)C3)o1)[NH+](C)C. The Labute approximate surface area is 159 Å². The third-order valence-electron chi connectivity index (χ3n) is 6.59. The van der Waals surface area contributed by atoms with Gasteiger partial charge in [0.25, 0.3) is 11.1 Å². The highest BCUT2D eigenvalue weighted by molar-refractivity contribution is 7.99. The standard InChI is InChI=1S/C19H30N4O2S/c1-4-15(23(2)3)17-21-22-18(25-17)26-11-16(24)20-19-8-12-5-13(9-19)7-14(6-12)10-19/h12-15H,4-11H2,1-3H3,(H,20,24)/p+1/t12?,13?,14?,15-,19?/m0/s1. The molecule has 1 aromatic heterocycles. The van der Waals surface area contributed by atoms with Crippen molar-refractivity contribution in [3.05, 3.63) is 5.89 Å². The van der Waals surface area contributed by atoms with Crippen LogP contribution in [0.3, 0.4) is 0 Å². The molecule has 1 amide bonds. The number of amides is 1. The van der Waals surface area contributed by atoms with Crippen molar-refractivity contribution in [3.63, 3.8) is 0 Å². The van der Waals surface area contributed by atoms with Crippen LogP contribution in [0.1, 0.15) is 63.8 Å². The molecule has 144 valence electrons. The maximum absolute atomic E-state index is 12.6. The zero-order valence-corrected chi connectivity index (χ0v) is 16.9. The number of hydrogen-bond donors (Lipinski definition) is 2. The number of aromatic nitrogens is 2. The molecule has 2 N–H and O–H groups in total. The Morgan fingerprint density at radius 3 is 2.38 bits per heavy atom. The molecule has 0 saturated heterocycles. The number of nitrogens with one attached hydrogen (secondary N) is 2. The number of carbonyl (C=O) groups excluding carboxylic acids is 1. The normalized spacial score (nSPS) is 33.6. The van der Waals surface area contributed by atoms with E-state index in [0.717, 1.165) is 24.2 Å². The van der Waals surface area contributed by atoms with Gasteiger partial charge >= 0.3 is 0 Å². The first kappa shape index (κ1) is 18.3. The van der Waals surface area contributed by atoms with Crippen molar-refractivity contribution in [2.24, 2.45) is 17.8 Å². The lowest BCUT2D eigenvalue weighted by molar-refractivity contribution is -0.894. The predicted molar refractivity (Wildman–Crippen MR) is 99.9 cm³/mol. The first-order valence-corrected chi connectivity index (χ1v) is 11.0. The van der Waals surface area contributed by atoms with Gasteiger partial charge in [-0.3, -0.25) is 4.79 Å². The Morgan fingerprint density at radius 2 is 1.85 bits per heavy atom. The molecule has 0 unspecified atom stereocenters. The average molecular weight is 380 g/mol. The van der Waals surface area contributed by atoms with Crippen LogP contribution in [-0.2, 0) is 4.79 Å². The summed E-state index contributed by atoms with van der Waals surface area (Å²) >= 11 is 1.36. The second-order valence-corrected chi connectivity index (χ2v) is 9.91. The van der Waals surface area contributed by atoms with E-state index in [-0.39, 0.29) is 17.5 Å². The fourth-order valence-electron chi connectivity index (χ4n) is 5.97. The molecule has 0 aromatic carbocycles. The van der Waals surface area contributed by atoms with Gasteiger partial charge in [0.15, 0.2) is 6.04 Å². The summed E-state index contributed by atoms with van der Waals surface area (Å²) in [6.45, 7) is 2.12. The van der Waals surface area contributed by atoms with E-state index in [2.05, 4.69) is 36.5 Å². The molecule has 1 aromatic rings. The summed E-state index contributed by atoms with van der Waals surface area (Å²) < 4.78 is 5.78. The van der Waals surface area contributed by atoms with E-state index in [1.165, 1.54) is 55.2 Å². The monoisotopic (exact) mass is 379 g/mol. The van der Waals surface area contributed by atoms with Crippen molar-refractivity contribution < 1.29 is 14.1 Å². The third kappa shape index (κ3) is 3.65. The number of rotatable bonds is 7. The van der Waals surface area contributed by atoms with Crippen LogP contribution < -0.4 is 10.2 Å². The quantitative estimate of drug-likeness (QED) is 0.708. The van der Waals surface area contributed by atoms with Crippen LogP contribution in [0.4, 0.5) is 0 Å². The van der Waals surface area contributed by atoms with Crippen molar-refractivity contribution in [2.45, 2.75) is 68.7 Å². The highest BCUT2D eigenvalue weighted by Gasteiger charge is 2.51. The van der Waals surface area contributed by atoms with Gasteiger partial charge < -0.3 is 14.6 Å². The third-order valence-corrected chi connectivity index (χ3v) is 7.41. The highest BCUT2D eigenvalue weighted by atomic mass is 32.2. The first-order valence-electron chi connectivity index (χ1n) is 10.0. The van der Waals surface area contributed by atoms with Gasteiger partial charge in [0.2, 0.25) is 5.91 Å². The minimum atomic E-state index is 0.0774. The largest absolute Gasteiger partial charge is 0.410 e. The maximum atomic E-state index is 12.6. The molecule has 0 radical (unpaired) electrons. The molecule has 1 atom stereocenters. The number of quaternary nitrogens is 1. The molecule has 0 aliphatic heterocycles. The molecule has 4 aliphatic carbocycles. The van der Waals surface area contributed by atoms with Crippen molar-refractivity contribution in [1.82, 2.24) is 15.5 Å². The number of hydrogen-bond acceptors (Lipinski definition) is 5. The smallest absolute Gasteiger partial charge is 0.277 e. The van der Waals surface area contributed by atoms with Crippen LogP contribution >= 0.6 is 11.8 Å². The fraction of sp³-hybridized carbons (Fsp3) is 0.842. The van der Waals surface area contributed by atoms with E-state index in [1.54, 1.807) is 0 Å². The summed E-state index contributed by atoms with van der Waals surface area (Å²) in [4.78, 5) is 13.9. The summed E-state index contributed by atoms with van der Waals surface area (Å²) in [5.41, 5.74) is 0.0774. The number of nitrogens with zero attached hydrogens (tertiary/aromatic N) is 2. The molecular weight excluding hydrogens is 348 g/mol. The Kier molecular flexibility index (Phi) is 5.03. The molecule has 4 aliphatic rings. The first-order chi connectivity index (χ1) is 12.5. The molecule has 26 heavy (non-hydrogen) atoms. The van der Waals surface area contributed by atoms with E-state index >= 15 is 0 Å². The van der Waals surface area contributed by atoms with E-state index < -0.39 is 0 Å². The molecule has 7 heteroatoms. The lowest BCUT2D eigenvalue weighted by Crippen LogP contribution is -3.06. The van der Waals surface area contributed by atoms with E-state index in [4.69, 9.17) is 4.42 Å².